The van der Waals surface area contributed by atoms with Crippen LogP contribution in [0.1, 0.15) is 40.0 Å². The van der Waals surface area contributed by atoms with Crippen LogP contribution >= 0.6 is 23.5 Å². The van der Waals surface area contributed by atoms with Crippen LogP contribution in [0.2, 0.25) is 18.1 Å². The first-order chi connectivity index (χ1) is 11.1. The summed E-state index contributed by atoms with van der Waals surface area (Å²) < 4.78 is 17.0. The lowest BCUT2D eigenvalue weighted by atomic mass is 10.1. The van der Waals surface area contributed by atoms with Gasteiger partial charge in [0.15, 0.2) is 14.6 Å². The number of ether oxygens (including phenoxy) is 2. The second-order valence-corrected chi connectivity index (χ2v) is 16.0. The first kappa shape index (κ1) is 22.8. The summed E-state index contributed by atoms with van der Waals surface area (Å²) in [7, 11) is 1.53. The Balaban J connectivity index is 2.66. The van der Waals surface area contributed by atoms with Gasteiger partial charge in [-0.3, -0.25) is 0 Å². The third-order valence-corrected chi connectivity index (χ3v) is 12.9. The van der Waals surface area contributed by atoms with Crippen molar-refractivity contribution in [3.05, 3.63) is 0 Å². The van der Waals surface area contributed by atoms with Crippen molar-refractivity contribution in [2.75, 3.05) is 32.3 Å². The molecule has 1 heterocycles. The van der Waals surface area contributed by atoms with E-state index in [4.69, 9.17) is 13.9 Å². The van der Waals surface area contributed by atoms with Gasteiger partial charge < -0.3 is 19.0 Å². The first-order valence-electron chi connectivity index (χ1n) is 8.71. The van der Waals surface area contributed by atoms with Crippen LogP contribution in [-0.4, -0.2) is 62.2 Å². The zero-order valence-corrected chi connectivity index (χ0v) is 19.0. The highest BCUT2D eigenvalue weighted by atomic mass is 32.2. The van der Waals surface area contributed by atoms with Gasteiger partial charge in [0.25, 0.3) is 0 Å². The molecule has 0 spiro atoms. The van der Waals surface area contributed by atoms with Crippen LogP contribution in [0.4, 0.5) is 0 Å². The lowest BCUT2D eigenvalue weighted by Gasteiger charge is -2.40. The summed E-state index contributed by atoms with van der Waals surface area (Å²) in [6.07, 6.45) is 2.04. The van der Waals surface area contributed by atoms with E-state index < -0.39 is 14.4 Å². The van der Waals surface area contributed by atoms with Gasteiger partial charge in [-0.15, -0.1) is 23.5 Å². The second kappa shape index (κ2) is 9.62. The summed E-state index contributed by atoms with van der Waals surface area (Å²) in [4.78, 5) is 0. The summed E-state index contributed by atoms with van der Waals surface area (Å²) in [6.45, 7) is 11.5. The van der Waals surface area contributed by atoms with E-state index in [0.717, 1.165) is 17.9 Å². The van der Waals surface area contributed by atoms with E-state index in [0.29, 0.717) is 13.0 Å². The van der Waals surface area contributed by atoms with E-state index in [9.17, 15) is 5.11 Å². The largest absolute Gasteiger partial charge is 0.414 e. The standard InChI is InChI=1S/C17H36O4S2Si/c1-16(2,3)24(6,7)21-13-14(18)11-17(12-15(19-4)20-5)22-9-8-10-23-17/h14-15,18H,8-13H2,1-7H3/t14-/m1/s1. The molecule has 0 aromatic carbocycles. The lowest BCUT2D eigenvalue weighted by molar-refractivity contribution is -0.108. The highest BCUT2D eigenvalue weighted by Crippen LogP contribution is 2.49. The summed E-state index contributed by atoms with van der Waals surface area (Å²) in [5.41, 5.74) is 0. The van der Waals surface area contributed by atoms with Gasteiger partial charge in [-0.25, -0.2) is 0 Å². The van der Waals surface area contributed by atoms with Crippen LogP contribution in [0.25, 0.3) is 0 Å². The molecule has 0 aliphatic carbocycles. The quantitative estimate of drug-likeness (QED) is 0.462. The minimum Gasteiger partial charge on any atom is -0.414 e. The molecule has 0 radical (unpaired) electrons. The van der Waals surface area contributed by atoms with Crippen molar-refractivity contribution in [2.24, 2.45) is 0 Å². The van der Waals surface area contributed by atoms with E-state index in [-0.39, 0.29) is 15.4 Å². The maximum absolute atomic E-state index is 10.6. The molecule has 0 aromatic rings. The van der Waals surface area contributed by atoms with Crippen molar-refractivity contribution >= 4 is 31.8 Å². The van der Waals surface area contributed by atoms with Crippen LogP contribution in [-0.2, 0) is 13.9 Å². The van der Waals surface area contributed by atoms with Gasteiger partial charge in [0, 0.05) is 20.6 Å². The number of rotatable bonds is 9. The van der Waals surface area contributed by atoms with Crippen molar-refractivity contribution in [2.45, 2.75) is 74.6 Å². The molecule has 1 atom stereocenters. The van der Waals surface area contributed by atoms with E-state index in [2.05, 4.69) is 33.9 Å². The first-order valence-corrected chi connectivity index (χ1v) is 13.6. The molecule has 24 heavy (non-hydrogen) atoms. The summed E-state index contributed by atoms with van der Waals surface area (Å²) >= 11 is 3.87. The molecular weight excluding hydrogens is 360 g/mol. The predicted octanol–water partition coefficient (Wildman–Crippen LogP) is 4.33. The Bertz CT molecular complexity index is 364. The summed E-state index contributed by atoms with van der Waals surface area (Å²) in [6, 6.07) is 0. The molecule has 7 heteroatoms. The van der Waals surface area contributed by atoms with E-state index in [1.54, 1.807) is 14.2 Å². The SMILES string of the molecule is COC(CC1(C[C@@H](O)CO[Si](C)(C)C(C)(C)C)SCCCS1)OC. The Morgan fingerprint density at radius 2 is 1.62 bits per heavy atom. The minimum absolute atomic E-state index is 0.0505. The zero-order chi connectivity index (χ0) is 18.4. The van der Waals surface area contributed by atoms with E-state index >= 15 is 0 Å². The summed E-state index contributed by atoms with van der Waals surface area (Å²) in [5, 5.41) is 10.8. The monoisotopic (exact) mass is 396 g/mol. The van der Waals surface area contributed by atoms with Crippen LogP contribution < -0.4 is 0 Å². The fourth-order valence-electron chi connectivity index (χ4n) is 2.39. The molecule has 1 aliphatic heterocycles. The molecule has 1 aliphatic rings. The number of hydrogen-bond acceptors (Lipinski definition) is 6. The van der Waals surface area contributed by atoms with Gasteiger partial charge in [0.2, 0.25) is 0 Å². The third-order valence-electron chi connectivity index (χ3n) is 5.01. The van der Waals surface area contributed by atoms with Crippen LogP contribution in [0.15, 0.2) is 0 Å². The molecule has 1 N–H and O–H groups in total. The second-order valence-electron chi connectivity index (χ2n) is 8.00. The molecule has 144 valence electrons. The molecule has 0 unspecified atom stereocenters. The van der Waals surface area contributed by atoms with Crippen LogP contribution in [0, 0.1) is 0 Å². The third kappa shape index (κ3) is 6.82. The normalized spacial score (nSPS) is 20.4. The smallest absolute Gasteiger partial charge is 0.192 e. The van der Waals surface area contributed by atoms with Gasteiger partial charge in [-0.2, -0.15) is 0 Å². The molecule has 4 nitrogen and oxygen atoms in total. The molecule has 0 saturated carbocycles. The average molecular weight is 397 g/mol. The molecule has 0 bridgehead atoms. The molecule has 1 saturated heterocycles. The van der Waals surface area contributed by atoms with Crippen molar-refractivity contribution in [1.82, 2.24) is 0 Å². The number of aliphatic hydroxyl groups excluding tert-OH is 1. The number of methoxy groups -OCH3 is 2. The molecule has 0 aromatic heterocycles. The molecule has 1 fully saturated rings. The van der Waals surface area contributed by atoms with Crippen molar-refractivity contribution < 1.29 is 19.0 Å². The Labute approximate surface area is 157 Å². The van der Waals surface area contributed by atoms with Gasteiger partial charge in [0.1, 0.15) is 0 Å². The maximum atomic E-state index is 10.6. The predicted molar refractivity (Wildman–Crippen MR) is 108 cm³/mol. The molecular formula is C17H36O4S2Si. The van der Waals surface area contributed by atoms with E-state index in [1.807, 2.05) is 23.5 Å². The minimum atomic E-state index is -1.83. The van der Waals surface area contributed by atoms with Crippen molar-refractivity contribution in [3.63, 3.8) is 0 Å². The van der Waals surface area contributed by atoms with Crippen molar-refractivity contribution in [1.29, 1.82) is 0 Å². The van der Waals surface area contributed by atoms with Gasteiger partial charge in [-0.1, -0.05) is 20.8 Å². The van der Waals surface area contributed by atoms with Gasteiger partial charge in [0.05, 0.1) is 16.8 Å². The molecule has 0 amide bonds. The van der Waals surface area contributed by atoms with Crippen LogP contribution in [0.5, 0.6) is 0 Å². The highest BCUT2D eigenvalue weighted by Gasteiger charge is 2.41. The topological polar surface area (TPSA) is 47.9 Å². The number of hydrogen-bond donors (Lipinski definition) is 1. The zero-order valence-electron chi connectivity index (χ0n) is 16.4. The Morgan fingerprint density at radius 1 is 1.08 bits per heavy atom. The van der Waals surface area contributed by atoms with Gasteiger partial charge >= 0.3 is 0 Å². The van der Waals surface area contributed by atoms with Gasteiger partial charge in [-0.05, 0) is 42.5 Å². The number of aliphatic hydroxyl groups is 1. The lowest BCUT2D eigenvalue weighted by Crippen LogP contribution is -2.44. The van der Waals surface area contributed by atoms with Crippen LogP contribution in [0.3, 0.4) is 0 Å². The van der Waals surface area contributed by atoms with Crippen molar-refractivity contribution in [3.8, 4) is 0 Å². The molecule has 1 rings (SSSR count). The Morgan fingerprint density at radius 3 is 2.08 bits per heavy atom. The fraction of sp³-hybridized carbons (Fsp3) is 1.00. The number of thioether (sulfide) groups is 2. The average Bonchev–Trinajstić information content (AvgIpc) is 2.50. The highest BCUT2D eigenvalue weighted by molar-refractivity contribution is 8.18. The van der Waals surface area contributed by atoms with E-state index in [1.165, 1.54) is 6.42 Å². The maximum Gasteiger partial charge on any atom is 0.192 e. The fourth-order valence-corrected chi connectivity index (χ4v) is 6.90. The Hall–Kier alpha value is 0.757. The summed E-state index contributed by atoms with van der Waals surface area (Å²) in [5.74, 6) is 2.26. The Kier molecular flexibility index (Phi) is 9.14.